The van der Waals surface area contributed by atoms with Crippen LogP contribution in [0.4, 0.5) is 0 Å². The molecule has 1 unspecified atom stereocenters. The Hall–Kier alpha value is -0.0800. The molecule has 2 heteroatoms. The summed E-state index contributed by atoms with van der Waals surface area (Å²) in [5, 5.41) is 3.97. The molecule has 0 aromatic rings. The second-order valence-electron chi connectivity index (χ2n) is 8.51. The molecule has 2 rings (SSSR count). The molecule has 0 radical (unpaired) electrons. The van der Waals surface area contributed by atoms with Gasteiger partial charge in [0.05, 0.1) is 5.60 Å². The highest BCUT2D eigenvalue weighted by Crippen LogP contribution is 2.38. The molecule has 1 atom stereocenters. The van der Waals surface area contributed by atoms with Gasteiger partial charge >= 0.3 is 0 Å². The number of ether oxygens (including phenoxy) is 1. The maximum absolute atomic E-state index is 6.11. The van der Waals surface area contributed by atoms with Crippen LogP contribution in [0, 0.1) is 11.3 Å². The van der Waals surface area contributed by atoms with Gasteiger partial charge in [-0.1, -0.05) is 34.6 Å². The maximum atomic E-state index is 6.11. The molecule has 1 saturated heterocycles. The van der Waals surface area contributed by atoms with E-state index in [1.165, 1.54) is 38.5 Å². The molecule has 1 N–H and O–H groups in total. The van der Waals surface area contributed by atoms with Crippen molar-refractivity contribution in [2.45, 2.75) is 104 Å². The van der Waals surface area contributed by atoms with E-state index in [2.05, 4.69) is 39.9 Å². The fourth-order valence-electron chi connectivity index (χ4n) is 4.37. The Labute approximate surface area is 132 Å². The van der Waals surface area contributed by atoms with Crippen LogP contribution in [0.2, 0.25) is 0 Å². The Kier molecular flexibility index (Phi) is 5.76. The minimum atomic E-state index is 0.151. The van der Waals surface area contributed by atoms with E-state index in [0.717, 1.165) is 31.4 Å². The Morgan fingerprint density at radius 2 is 1.57 bits per heavy atom. The number of nitrogens with one attached hydrogen (secondary N) is 1. The summed E-state index contributed by atoms with van der Waals surface area (Å²) in [5.41, 5.74) is 0.641. The summed E-state index contributed by atoms with van der Waals surface area (Å²) < 4.78 is 6.11. The average Bonchev–Trinajstić information content (AvgIpc) is 2.47. The molecule has 2 nitrogen and oxygen atoms in total. The minimum absolute atomic E-state index is 0.151. The van der Waals surface area contributed by atoms with Crippen molar-refractivity contribution in [2.24, 2.45) is 11.3 Å². The zero-order chi connectivity index (χ0) is 15.5. The van der Waals surface area contributed by atoms with Crippen molar-refractivity contribution in [3.05, 3.63) is 0 Å². The lowest BCUT2D eigenvalue weighted by Crippen LogP contribution is -2.50. The molecule has 0 aromatic heterocycles. The summed E-state index contributed by atoms with van der Waals surface area (Å²) in [6.07, 6.45) is 10.2. The summed E-state index contributed by atoms with van der Waals surface area (Å²) in [7, 11) is 0. The van der Waals surface area contributed by atoms with Crippen molar-refractivity contribution >= 4 is 0 Å². The third kappa shape index (κ3) is 4.45. The van der Waals surface area contributed by atoms with E-state index in [-0.39, 0.29) is 5.60 Å². The van der Waals surface area contributed by atoms with Gasteiger partial charge in [0, 0.05) is 18.7 Å². The van der Waals surface area contributed by atoms with Crippen LogP contribution in [0.3, 0.4) is 0 Å². The monoisotopic (exact) mass is 295 g/mol. The Morgan fingerprint density at radius 1 is 0.952 bits per heavy atom. The van der Waals surface area contributed by atoms with Gasteiger partial charge in [-0.2, -0.15) is 0 Å². The van der Waals surface area contributed by atoms with Crippen LogP contribution < -0.4 is 5.32 Å². The number of rotatable bonds is 4. The third-order valence-electron chi connectivity index (χ3n) is 6.20. The van der Waals surface area contributed by atoms with Gasteiger partial charge in [-0.3, -0.25) is 0 Å². The van der Waals surface area contributed by atoms with Gasteiger partial charge in [-0.15, -0.1) is 0 Å². The van der Waals surface area contributed by atoms with Gasteiger partial charge in [-0.25, -0.2) is 0 Å². The fourth-order valence-corrected chi connectivity index (χ4v) is 4.37. The van der Waals surface area contributed by atoms with E-state index in [0.29, 0.717) is 11.5 Å². The molecule has 1 heterocycles. The van der Waals surface area contributed by atoms with Crippen molar-refractivity contribution in [3.8, 4) is 0 Å². The molecule has 124 valence electrons. The lowest BCUT2D eigenvalue weighted by Gasteiger charge is -2.43. The van der Waals surface area contributed by atoms with Crippen molar-refractivity contribution in [1.82, 2.24) is 5.32 Å². The molecule has 0 amide bonds. The molecule has 0 aromatic carbocycles. The Morgan fingerprint density at radius 3 is 2.10 bits per heavy atom. The lowest BCUT2D eigenvalue weighted by molar-refractivity contribution is -0.0946. The lowest BCUT2D eigenvalue weighted by atomic mass is 9.71. The van der Waals surface area contributed by atoms with E-state index in [4.69, 9.17) is 4.74 Å². The van der Waals surface area contributed by atoms with Gasteiger partial charge in [0.1, 0.15) is 0 Å². The first kappa shape index (κ1) is 17.3. The first-order chi connectivity index (χ1) is 9.88. The van der Waals surface area contributed by atoms with Gasteiger partial charge < -0.3 is 10.1 Å². The Bertz CT molecular complexity index is 308. The van der Waals surface area contributed by atoms with E-state index in [1.807, 2.05) is 0 Å². The second-order valence-corrected chi connectivity index (χ2v) is 8.51. The van der Waals surface area contributed by atoms with Crippen LogP contribution in [0.1, 0.15) is 86.0 Å². The van der Waals surface area contributed by atoms with Crippen LogP contribution in [0.15, 0.2) is 0 Å². The molecule has 0 spiro atoms. The smallest absolute Gasteiger partial charge is 0.0692 e. The predicted molar refractivity (Wildman–Crippen MR) is 90.6 cm³/mol. The number of hydrogen-bond acceptors (Lipinski definition) is 2. The number of hydrogen-bond donors (Lipinski definition) is 1. The fraction of sp³-hybridized carbons (Fsp3) is 1.00. The molecule has 2 aliphatic rings. The summed E-state index contributed by atoms with van der Waals surface area (Å²) >= 11 is 0. The minimum Gasteiger partial charge on any atom is -0.375 e. The normalized spacial score (nSPS) is 33.9. The zero-order valence-corrected chi connectivity index (χ0v) is 15.0. The highest BCUT2D eigenvalue weighted by molar-refractivity contribution is 4.91. The van der Waals surface area contributed by atoms with Gasteiger partial charge in [0.2, 0.25) is 0 Å². The summed E-state index contributed by atoms with van der Waals surface area (Å²) in [6.45, 7) is 12.7. The van der Waals surface area contributed by atoms with Crippen molar-refractivity contribution < 1.29 is 4.74 Å². The standard InChI is InChI=1S/C19H37NO/c1-6-19(7-2)14-17(12-13-21-19)20-16-10-8-15(9-11-16)18(3,4)5/h15-17,20H,6-14H2,1-5H3. The van der Waals surface area contributed by atoms with Gasteiger partial charge in [-0.05, 0) is 62.7 Å². The van der Waals surface area contributed by atoms with Gasteiger partial charge in [0.25, 0.3) is 0 Å². The molecule has 1 saturated carbocycles. The van der Waals surface area contributed by atoms with Crippen LogP contribution in [-0.2, 0) is 4.74 Å². The molecular weight excluding hydrogens is 258 g/mol. The third-order valence-corrected chi connectivity index (χ3v) is 6.20. The highest BCUT2D eigenvalue weighted by atomic mass is 16.5. The maximum Gasteiger partial charge on any atom is 0.0692 e. The SMILES string of the molecule is CCC1(CC)CC(NC2CCC(C(C)(C)C)CC2)CCO1. The molecule has 21 heavy (non-hydrogen) atoms. The van der Waals surface area contributed by atoms with Crippen LogP contribution in [0.25, 0.3) is 0 Å². The van der Waals surface area contributed by atoms with E-state index < -0.39 is 0 Å². The highest BCUT2D eigenvalue weighted by Gasteiger charge is 2.36. The van der Waals surface area contributed by atoms with E-state index in [9.17, 15) is 0 Å². The van der Waals surface area contributed by atoms with Crippen molar-refractivity contribution in [3.63, 3.8) is 0 Å². The zero-order valence-electron chi connectivity index (χ0n) is 15.0. The predicted octanol–water partition coefficient (Wildman–Crippen LogP) is 4.92. The topological polar surface area (TPSA) is 21.3 Å². The summed E-state index contributed by atoms with van der Waals surface area (Å²) in [5.74, 6) is 0.913. The van der Waals surface area contributed by atoms with E-state index in [1.54, 1.807) is 0 Å². The Balaban J connectivity index is 1.81. The van der Waals surface area contributed by atoms with Crippen LogP contribution >= 0.6 is 0 Å². The van der Waals surface area contributed by atoms with Crippen molar-refractivity contribution in [1.29, 1.82) is 0 Å². The first-order valence-corrected chi connectivity index (χ1v) is 9.28. The molecule has 1 aliphatic heterocycles. The van der Waals surface area contributed by atoms with Crippen LogP contribution in [-0.4, -0.2) is 24.3 Å². The van der Waals surface area contributed by atoms with Gasteiger partial charge in [0.15, 0.2) is 0 Å². The quantitative estimate of drug-likeness (QED) is 0.795. The summed E-state index contributed by atoms with van der Waals surface area (Å²) in [4.78, 5) is 0. The van der Waals surface area contributed by atoms with Crippen LogP contribution in [0.5, 0.6) is 0 Å². The molecular formula is C19H37NO. The van der Waals surface area contributed by atoms with Crippen molar-refractivity contribution in [2.75, 3.05) is 6.61 Å². The first-order valence-electron chi connectivity index (χ1n) is 9.28. The molecule has 1 aliphatic carbocycles. The van der Waals surface area contributed by atoms with E-state index >= 15 is 0 Å². The molecule has 2 fully saturated rings. The molecule has 0 bridgehead atoms. The largest absolute Gasteiger partial charge is 0.375 e. The summed E-state index contributed by atoms with van der Waals surface area (Å²) in [6, 6.07) is 1.42. The second kappa shape index (κ2) is 7.00. The average molecular weight is 296 g/mol.